The highest BCUT2D eigenvalue weighted by molar-refractivity contribution is 6.30. The largest absolute Gasteiger partial charge is 0.485 e. The van der Waals surface area contributed by atoms with Gasteiger partial charge in [-0.25, -0.2) is 0 Å². The molecule has 1 aliphatic rings. The second kappa shape index (κ2) is 7.33. The Morgan fingerprint density at radius 1 is 1.15 bits per heavy atom. The summed E-state index contributed by atoms with van der Waals surface area (Å²) in [5.41, 5.74) is 1.04. The summed E-state index contributed by atoms with van der Waals surface area (Å²) in [5.74, 6) is 0.285. The average molecular weight is 388 g/mol. The van der Waals surface area contributed by atoms with E-state index in [0.29, 0.717) is 27.5 Å². The lowest BCUT2D eigenvalue weighted by Crippen LogP contribution is -2.54. The highest BCUT2D eigenvalue weighted by Crippen LogP contribution is 2.41. The van der Waals surface area contributed by atoms with Gasteiger partial charge in [0.15, 0.2) is 5.78 Å². The summed E-state index contributed by atoms with van der Waals surface area (Å²) < 4.78 is 11.8. The molecule has 5 nitrogen and oxygen atoms in total. The topological polar surface area (TPSA) is 64.6 Å². The van der Waals surface area contributed by atoms with Crippen molar-refractivity contribution < 1.29 is 19.1 Å². The van der Waals surface area contributed by atoms with Gasteiger partial charge in [0.2, 0.25) is 0 Å². The molecule has 6 heteroatoms. The standard InChI is InChI=1S/C21H22ClNO4/c1-12(24)13-8-9-17-16(11-13)18(19(26-4)21(2,3)27-17)23-20(25)14-6-5-7-15(22)10-14/h5-11,18-19H,1-4H3,(H,23,25)/t18-,19+/m1/s1. The lowest BCUT2D eigenvalue weighted by molar-refractivity contribution is -0.0844. The number of carbonyl (C=O) groups excluding carboxylic acids is 2. The molecule has 2 aromatic carbocycles. The van der Waals surface area contributed by atoms with Crippen LogP contribution >= 0.6 is 11.6 Å². The van der Waals surface area contributed by atoms with Gasteiger partial charge >= 0.3 is 0 Å². The zero-order valence-corrected chi connectivity index (χ0v) is 16.5. The molecule has 1 N–H and O–H groups in total. The molecular weight excluding hydrogens is 366 g/mol. The van der Waals surface area contributed by atoms with Crippen molar-refractivity contribution in [3.05, 3.63) is 64.2 Å². The minimum absolute atomic E-state index is 0.0588. The monoisotopic (exact) mass is 387 g/mol. The van der Waals surface area contributed by atoms with E-state index in [1.54, 1.807) is 49.6 Å². The van der Waals surface area contributed by atoms with Crippen LogP contribution in [0.2, 0.25) is 5.02 Å². The van der Waals surface area contributed by atoms with Gasteiger partial charge in [-0.3, -0.25) is 9.59 Å². The van der Waals surface area contributed by atoms with Crippen LogP contribution in [0.3, 0.4) is 0 Å². The van der Waals surface area contributed by atoms with Gasteiger partial charge in [-0.1, -0.05) is 17.7 Å². The van der Waals surface area contributed by atoms with Gasteiger partial charge in [0.05, 0.1) is 6.04 Å². The minimum atomic E-state index is -0.675. The summed E-state index contributed by atoms with van der Waals surface area (Å²) >= 11 is 6.01. The summed E-state index contributed by atoms with van der Waals surface area (Å²) in [6.45, 7) is 5.31. The van der Waals surface area contributed by atoms with Crippen LogP contribution in [0.4, 0.5) is 0 Å². The van der Waals surface area contributed by atoms with Crippen molar-refractivity contribution in [2.75, 3.05) is 7.11 Å². The normalized spacial score (nSPS) is 20.3. The van der Waals surface area contributed by atoms with E-state index >= 15 is 0 Å². The summed E-state index contributed by atoms with van der Waals surface area (Å²) in [6.07, 6.45) is -0.449. The molecule has 0 spiro atoms. The smallest absolute Gasteiger partial charge is 0.251 e. The molecule has 1 aliphatic heterocycles. The Kier molecular flexibility index (Phi) is 5.27. The first kappa shape index (κ1) is 19.4. The fraction of sp³-hybridized carbons (Fsp3) is 0.333. The van der Waals surface area contributed by atoms with Crippen molar-refractivity contribution in [2.45, 2.75) is 38.5 Å². The number of rotatable bonds is 4. The number of Topliss-reactive ketones (excluding diaryl/α,β-unsaturated/α-hetero) is 1. The number of halogens is 1. The molecule has 27 heavy (non-hydrogen) atoms. The molecule has 0 unspecified atom stereocenters. The predicted molar refractivity (Wildman–Crippen MR) is 104 cm³/mol. The van der Waals surface area contributed by atoms with Crippen molar-refractivity contribution >= 4 is 23.3 Å². The molecule has 0 saturated heterocycles. The Hall–Kier alpha value is -2.37. The van der Waals surface area contributed by atoms with Gasteiger partial charge < -0.3 is 14.8 Å². The van der Waals surface area contributed by atoms with E-state index in [2.05, 4.69) is 5.32 Å². The third-order valence-corrected chi connectivity index (χ3v) is 4.97. The quantitative estimate of drug-likeness (QED) is 0.798. The van der Waals surface area contributed by atoms with Crippen molar-refractivity contribution in [3.63, 3.8) is 0 Å². The number of amides is 1. The molecule has 2 aromatic rings. The molecule has 1 amide bonds. The molecule has 142 valence electrons. The summed E-state index contributed by atoms with van der Waals surface area (Å²) in [6, 6.07) is 11.5. The fourth-order valence-electron chi connectivity index (χ4n) is 3.44. The highest BCUT2D eigenvalue weighted by Gasteiger charge is 2.45. The Labute approximate surface area is 163 Å². The fourth-order valence-corrected chi connectivity index (χ4v) is 3.63. The maximum absolute atomic E-state index is 12.8. The minimum Gasteiger partial charge on any atom is -0.485 e. The Balaban J connectivity index is 2.03. The molecule has 0 aromatic heterocycles. The molecule has 0 saturated carbocycles. The summed E-state index contributed by atoms with van der Waals surface area (Å²) in [4.78, 5) is 24.7. The van der Waals surface area contributed by atoms with Crippen molar-refractivity contribution in [3.8, 4) is 5.75 Å². The van der Waals surface area contributed by atoms with E-state index in [0.717, 1.165) is 0 Å². The van der Waals surface area contributed by atoms with E-state index in [1.165, 1.54) is 6.92 Å². The third kappa shape index (κ3) is 3.84. The SMILES string of the molecule is CO[C@H]1[C@H](NC(=O)c2cccc(Cl)c2)c2cc(C(C)=O)ccc2OC1(C)C. The van der Waals surface area contributed by atoms with Gasteiger partial charge in [-0.05, 0) is 57.2 Å². The van der Waals surface area contributed by atoms with Gasteiger partial charge in [-0.2, -0.15) is 0 Å². The second-order valence-electron chi connectivity index (χ2n) is 7.13. The third-order valence-electron chi connectivity index (χ3n) is 4.74. The first-order valence-electron chi connectivity index (χ1n) is 8.66. The molecular formula is C21H22ClNO4. The number of methoxy groups -OCH3 is 1. The van der Waals surface area contributed by atoms with Crippen LogP contribution in [-0.4, -0.2) is 30.5 Å². The highest BCUT2D eigenvalue weighted by atomic mass is 35.5. The lowest BCUT2D eigenvalue weighted by Gasteiger charge is -2.44. The van der Waals surface area contributed by atoms with E-state index in [1.807, 2.05) is 13.8 Å². The van der Waals surface area contributed by atoms with Crippen LogP contribution in [0.25, 0.3) is 0 Å². The molecule has 0 bridgehead atoms. The maximum atomic E-state index is 12.8. The number of nitrogens with one attached hydrogen (secondary N) is 1. The van der Waals surface area contributed by atoms with E-state index in [9.17, 15) is 9.59 Å². The average Bonchev–Trinajstić information content (AvgIpc) is 2.60. The van der Waals surface area contributed by atoms with Crippen LogP contribution in [0, 0.1) is 0 Å². The van der Waals surface area contributed by atoms with Gasteiger partial charge in [0.25, 0.3) is 5.91 Å². The molecule has 0 aliphatic carbocycles. The molecule has 2 atom stereocenters. The number of carbonyl (C=O) groups is 2. The summed E-state index contributed by atoms with van der Waals surface area (Å²) in [7, 11) is 1.58. The van der Waals surface area contributed by atoms with Gasteiger partial charge in [0, 0.05) is 28.8 Å². The van der Waals surface area contributed by atoms with Crippen molar-refractivity contribution in [2.24, 2.45) is 0 Å². The molecule has 1 heterocycles. The molecule has 0 radical (unpaired) electrons. The van der Waals surface area contributed by atoms with E-state index in [-0.39, 0.29) is 11.7 Å². The first-order chi connectivity index (χ1) is 12.7. The Morgan fingerprint density at radius 2 is 1.89 bits per heavy atom. The van der Waals surface area contributed by atoms with Gasteiger partial charge in [0.1, 0.15) is 17.5 Å². The number of ether oxygens (including phenoxy) is 2. The van der Waals surface area contributed by atoms with Crippen LogP contribution in [0.15, 0.2) is 42.5 Å². The zero-order chi connectivity index (χ0) is 19.8. The van der Waals surface area contributed by atoms with Crippen LogP contribution in [-0.2, 0) is 4.74 Å². The lowest BCUT2D eigenvalue weighted by atomic mass is 9.85. The first-order valence-corrected chi connectivity index (χ1v) is 9.04. The number of fused-ring (bicyclic) bond motifs is 1. The number of ketones is 1. The van der Waals surface area contributed by atoms with Crippen molar-refractivity contribution in [1.29, 1.82) is 0 Å². The number of hydrogen-bond acceptors (Lipinski definition) is 4. The second-order valence-corrected chi connectivity index (χ2v) is 7.57. The molecule has 3 rings (SSSR count). The van der Waals surface area contributed by atoms with Crippen LogP contribution < -0.4 is 10.1 Å². The number of hydrogen-bond donors (Lipinski definition) is 1. The zero-order valence-electron chi connectivity index (χ0n) is 15.7. The van der Waals surface area contributed by atoms with Crippen LogP contribution in [0.1, 0.15) is 53.1 Å². The Morgan fingerprint density at radius 3 is 2.52 bits per heavy atom. The van der Waals surface area contributed by atoms with Crippen molar-refractivity contribution in [1.82, 2.24) is 5.32 Å². The predicted octanol–water partition coefficient (Wildman–Crippen LogP) is 4.20. The van der Waals surface area contributed by atoms with Crippen LogP contribution in [0.5, 0.6) is 5.75 Å². The molecule has 0 fully saturated rings. The van der Waals surface area contributed by atoms with E-state index < -0.39 is 17.7 Å². The summed E-state index contributed by atoms with van der Waals surface area (Å²) in [5, 5.41) is 3.51. The van der Waals surface area contributed by atoms with Gasteiger partial charge in [-0.15, -0.1) is 0 Å². The number of benzene rings is 2. The maximum Gasteiger partial charge on any atom is 0.251 e. The Bertz CT molecular complexity index is 894. The van der Waals surface area contributed by atoms with E-state index in [4.69, 9.17) is 21.1 Å².